The summed E-state index contributed by atoms with van der Waals surface area (Å²) in [6, 6.07) is -0.871. The second kappa shape index (κ2) is 7.02. The topological polar surface area (TPSA) is 115 Å². The van der Waals surface area contributed by atoms with Gasteiger partial charge in [-0.15, -0.1) is 0 Å². The van der Waals surface area contributed by atoms with Gasteiger partial charge in [0.25, 0.3) is 0 Å². The molecular formula is C15H27N3O3. The summed E-state index contributed by atoms with van der Waals surface area (Å²) in [5.41, 5.74) is 10.1. The lowest BCUT2D eigenvalue weighted by molar-refractivity contribution is -0.140. The van der Waals surface area contributed by atoms with Gasteiger partial charge in [-0.25, -0.2) is 0 Å². The van der Waals surface area contributed by atoms with E-state index in [0.717, 1.165) is 19.3 Å². The number of ketones is 1. The predicted molar refractivity (Wildman–Crippen MR) is 80.1 cm³/mol. The minimum atomic E-state index is -0.871. The smallest absolute Gasteiger partial charge is 0.241 e. The first-order valence-corrected chi connectivity index (χ1v) is 7.52. The molecule has 0 aliphatic heterocycles. The van der Waals surface area contributed by atoms with Gasteiger partial charge in [0.2, 0.25) is 11.8 Å². The molecule has 0 saturated heterocycles. The zero-order chi connectivity index (χ0) is 16.2. The Labute approximate surface area is 126 Å². The van der Waals surface area contributed by atoms with Crippen LogP contribution >= 0.6 is 0 Å². The van der Waals surface area contributed by atoms with E-state index in [4.69, 9.17) is 11.5 Å². The molecule has 0 aromatic rings. The Morgan fingerprint density at radius 1 is 1.14 bits per heavy atom. The molecule has 1 aliphatic rings. The van der Waals surface area contributed by atoms with Crippen molar-refractivity contribution in [1.29, 1.82) is 0 Å². The van der Waals surface area contributed by atoms with Crippen molar-refractivity contribution in [1.82, 2.24) is 5.32 Å². The van der Waals surface area contributed by atoms with Crippen molar-refractivity contribution in [2.24, 2.45) is 28.7 Å². The largest absolute Gasteiger partial charge is 0.368 e. The maximum atomic E-state index is 12.5. The molecule has 21 heavy (non-hydrogen) atoms. The first-order valence-electron chi connectivity index (χ1n) is 7.52. The molecule has 6 nitrogen and oxygen atoms in total. The van der Waals surface area contributed by atoms with Crippen LogP contribution in [0.1, 0.15) is 46.5 Å². The molecule has 0 bridgehead atoms. The molecular weight excluding hydrogens is 270 g/mol. The van der Waals surface area contributed by atoms with E-state index in [9.17, 15) is 14.4 Å². The van der Waals surface area contributed by atoms with Crippen molar-refractivity contribution in [3.63, 3.8) is 0 Å². The summed E-state index contributed by atoms with van der Waals surface area (Å²) in [6.07, 6.45) is 3.24. The van der Waals surface area contributed by atoms with Crippen molar-refractivity contribution >= 4 is 17.6 Å². The molecule has 1 fully saturated rings. The van der Waals surface area contributed by atoms with Crippen molar-refractivity contribution in [3.05, 3.63) is 0 Å². The molecule has 2 amide bonds. The zero-order valence-corrected chi connectivity index (χ0v) is 13.1. The number of amides is 2. The highest BCUT2D eigenvalue weighted by molar-refractivity contribution is 5.93. The molecule has 6 heteroatoms. The van der Waals surface area contributed by atoms with Crippen LogP contribution in [0.3, 0.4) is 0 Å². The van der Waals surface area contributed by atoms with E-state index in [0.29, 0.717) is 6.42 Å². The second-order valence-corrected chi connectivity index (χ2v) is 6.81. The quantitative estimate of drug-likeness (QED) is 0.678. The number of carbonyl (C=O) groups is 3. The van der Waals surface area contributed by atoms with E-state index >= 15 is 0 Å². The van der Waals surface area contributed by atoms with Gasteiger partial charge < -0.3 is 16.8 Å². The van der Waals surface area contributed by atoms with Gasteiger partial charge in [-0.2, -0.15) is 0 Å². The van der Waals surface area contributed by atoms with Crippen molar-refractivity contribution in [2.75, 3.05) is 6.54 Å². The fraction of sp³-hybridized carbons (Fsp3) is 0.800. The van der Waals surface area contributed by atoms with Crippen LogP contribution in [0.25, 0.3) is 0 Å². The van der Waals surface area contributed by atoms with E-state index in [1.807, 2.05) is 20.8 Å². The van der Waals surface area contributed by atoms with E-state index in [1.54, 1.807) is 0 Å². The van der Waals surface area contributed by atoms with Crippen LogP contribution < -0.4 is 16.8 Å². The monoisotopic (exact) mass is 297 g/mol. The van der Waals surface area contributed by atoms with Gasteiger partial charge in [-0.1, -0.05) is 33.6 Å². The third-order valence-corrected chi connectivity index (χ3v) is 4.07. The summed E-state index contributed by atoms with van der Waals surface area (Å²) in [4.78, 5) is 36.1. The number of Topliss-reactive ketones (excluding diaryl/α,β-unsaturated/α-hetero) is 1. The molecule has 0 spiro atoms. The third-order valence-electron chi connectivity index (χ3n) is 4.07. The Morgan fingerprint density at radius 2 is 1.67 bits per heavy atom. The number of hydrogen-bond acceptors (Lipinski definition) is 4. The summed E-state index contributed by atoms with van der Waals surface area (Å²) in [6.45, 7) is 5.56. The van der Waals surface area contributed by atoms with Crippen molar-refractivity contribution < 1.29 is 14.4 Å². The van der Waals surface area contributed by atoms with Crippen molar-refractivity contribution in [3.8, 4) is 0 Å². The minimum Gasteiger partial charge on any atom is -0.368 e. The maximum Gasteiger partial charge on any atom is 0.241 e. The molecule has 0 aromatic heterocycles. The average Bonchev–Trinajstić information content (AvgIpc) is 2.42. The van der Waals surface area contributed by atoms with Gasteiger partial charge in [0.1, 0.15) is 11.8 Å². The van der Waals surface area contributed by atoms with Gasteiger partial charge in [-0.3, -0.25) is 14.4 Å². The summed E-state index contributed by atoms with van der Waals surface area (Å²) >= 11 is 0. The molecule has 1 unspecified atom stereocenters. The number of carbonyl (C=O) groups excluding carboxylic acids is 3. The highest BCUT2D eigenvalue weighted by atomic mass is 16.2. The van der Waals surface area contributed by atoms with E-state index in [-0.39, 0.29) is 30.1 Å². The van der Waals surface area contributed by atoms with Crippen LogP contribution in [0.2, 0.25) is 0 Å². The molecule has 3 atom stereocenters. The standard InChI is InChI=1S/C15H27N3O3/c1-15(2,3)12(19)9-6-4-5-7-10(9)14(21)18-11(8-16)13(17)20/h9-11H,4-8,16H2,1-3H3,(H2,17,20)(H,18,21)/t9-,10+,11?/m1/s1. The fourth-order valence-corrected chi connectivity index (χ4v) is 2.84. The summed E-state index contributed by atoms with van der Waals surface area (Å²) in [7, 11) is 0. The molecule has 0 aromatic carbocycles. The Bertz CT molecular complexity index is 415. The molecule has 5 N–H and O–H groups in total. The van der Waals surface area contributed by atoms with Crippen LogP contribution in [0.4, 0.5) is 0 Å². The van der Waals surface area contributed by atoms with Gasteiger partial charge in [-0.05, 0) is 12.8 Å². The number of nitrogens with one attached hydrogen (secondary N) is 1. The predicted octanol–water partition coefficient (Wildman–Crippen LogP) is 0.337. The zero-order valence-electron chi connectivity index (χ0n) is 13.1. The van der Waals surface area contributed by atoms with Gasteiger partial charge in [0.05, 0.1) is 0 Å². The van der Waals surface area contributed by atoms with Crippen LogP contribution in [0.5, 0.6) is 0 Å². The van der Waals surface area contributed by atoms with E-state index in [1.165, 1.54) is 0 Å². The summed E-state index contributed by atoms with van der Waals surface area (Å²) in [5.74, 6) is -1.51. The lowest BCUT2D eigenvalue weighted by atomic mass is 9.70. The average molecular weight is 297 g/mol. The molecule has 1 rings (SSSR count). The highest BCUT2D eigenvalue weighted by Gasteiger charge is 2.40. The normalized spacial score (nSPS) is 24.2. The Balaban J connectivity index is 2.84. The lowest BCUT2D eigenvalue weighted by Crippen LogP contribution is -2.52. The van der Waals surface area contributed by atoms with Gasteiger partial charge in [0.15, 0.2) is 0 Å². The van der Waals surface area contributed by atoms with Gasteiger partial charge >= 0.3 is 0 Å². The van der Waals surface area contributed by atoms with E-state index < -0.39 is 17.4 Å². The number of primary amides is 1. The van der Waals surface area contributed by atoms with Crippen LogP contribution in [0, 0.1) is 17.3 Å². The number of rotatable bonds is 5. The molecule has 1 saturated carbocycles. The Kier molecular flexibility index (Phi) is 5.89. The Morgan fingerprint density at radius 3 is 2.10 bits per heavy atom. The SMILES string of the molecule is CC(C)(C)C(=O)[C@@H]1CCCC[C@@H]1C(=O)NC(CN)C(N)=O. The van der Waals surface area contributed by atoms with Crippen LogP contribution in [-0.2, 0) is 14.4 Å². The summed E-state index contributed by atoms with van der Waals surface area (Å²) in [5, 5.41) is 2.58. The highest BCUT2D eigenvalue weighted by Crippen LogP contribution is 2.35. The number of nitrogens with two attached hydrogens (primary N) is 2. The minimum absolute atomic E-state index is 0.0360. The van der Waals surface area contributed by atoms with Crippen molar-refractivity contribution in [2.45, 2.75) is 52.5 Å². The second-order valence-electron chi connectivity index (χ2n) is 6.81. The maximum absolute atomic E-state index is 12.5. The summed E-state index contributed by atoms with van der Waals surface area (Å²) < 4.78 is 0. The third kappa shape index (κ3) is 4.52. The first kappa shape index (κ1) is 17.6. The van der Waals surface area contributed by atoms with E-state index in [2.05, 4.69) is 5.32 Å². The van der Waals surface area contributed by atoms with Gasteiger partial charge in [0, 0.05) is 23.8 Å². The number of hydrogen-bond donors (Lipinski definition) is 3. The molecule has 0 heterocycles. The molecule has 120 valence electrons. The first-order chi connectivity index (χ1) is 9.68. The van der Waals surface area contributed by atoms with Crippen LogP contribution in [0.15, 0.2) is 0 Å². The fourth-order valence-electron chi connectivity index (χ4n) is 2.84. The molecule has 0 radical (unpaired) electrons. The lowest BCUT2D eigenvalue weighted by Gasteiger charge is -2.34. The molecule has 1 aliphatic carbocycles. The van der Waals surface area contributed by atoms with Crippen LogP contribution in [-0.4, -0.2) is 30.2 Å². The Hall–Kier alpha value is -1.43.